The topological polar surface area (TPSA) is 19.9 Å². The molecule has 0 aliphatic carbocycles. The normalized spacial score (nSPS) is 10.1. The van der Waals surface area contributed by atoms with Gasteiger partial charge in [-0.05, 0) is 71.5 Å². The summed E-state index contributed by atoms with van der Waals surface area (Å²) in [5, 5.41) is 12.6. The minimum Gasteiger partial charge on any atom is -0.0622 e. The molecule has 5 heteroatoms. The fraction of sp³-hybridized carbons (Fsp3) is 0. The quantitative estimate of drug-likeness (QED) is 0.0595. The molecule has 0 unspecified atom stereocenters. The van der Waals surface area contributed by atoms with E-state index in [9.17, 15) is 0 Å². The Bertz CT molecular complexity index is 1920. The second kappa shape index (κ2) is 26.0. The number of hydrogen-bond donors (Lipinski definition) is 0. The summed E-state index contributed by atoms with van der Waals surface area (Å²) < 4.78 is 7.50. The van der Waals surface area contributed by atoms with Crippen LogP contribution >= 0.6 is 23.8 Å². The summed E-state index contributed by atoms with van der Waals surface area (Å²) in [7, 11) is -1.34. The van der Waals surface area contributed by atoms with Crippen molar-refractivity contribution in [2.24, 2.45) is 0 Å². The summed E-state index contributed by atoms with van der Waals surface area (Å²) in [6.45, 7) is 4.50. The van der Waals surface area contributed by atoms with Crippen LogP contribution in [0.1, 0.15) is 0 Å². The van der Waals surface area contributed by atoms with E-state index in [0.29, 0.717) is 0 Å². The van der Waals surface area contributed by atoms with Crippen LogP contribution in [0, 0.1) is 6.65 Å². The minimum absolute atomic E-state index is 0. The van der Waals surface area contributed by atoms with E-state index in [-0.39, 0.29) is 19.5 Å². The van der Waals surface area contributed by atoms with Crippen LogP contribution in [-0.2, 0) is 24.1 Å². The fourth-order valence-corrected chi connectivity index (χ4v) is 13.5. The van der Waals surface area contributed by atoms with Crippen molar-refractivity contribution in [3.8, 4) is 0 Å². The van der Waals surface area contributed by atoms with Crippen LogP contribution in [0.25, 0.3) is 0 Å². The molecule has 0 aliphatic rings. The zero-order valence-corrected chi connectivity index (χ0v) is 37.4. The first-order chi connectivity index (χ1) is 29.3. The third-order valence-corrected chi connectivity index (χ3v) is 16.5. The largest absolute Gasteiger partial charge is 0.0622 e. The molecule has 295 valence electrons. The van der Waals surface area contributed by atoms with Gasteiger partial charge in [-0.3, -0.25) is 0 Å². The molecular formula is C55H45OP3Rh. The van der Waals surface area contributed by atoms with Gasteiger partial charge in [0.05, 0.1) is 0 Å². The maximum Gasteiger partial charge on any atom is 0 e. The molecule has 0 saturated heterocycles. The Morgan fingerprint density at radius 3 is 0.350 bits per heavy atom. The first-order valence-corrected chi connectivity index (χ1v) is 23.4. The molecule has 0 N–H and O–H groups in total. The molecule has 0 bridgehead atoms. The Morgan fingerprint density at radius 2 is 0.267 bits per heavy atom. The second-order valence-electron chi connectivity index (χ2n) is 13.0. The van der Waals surface area contributed by atoms with Crippen molar-refractivity contribution in [1.82, 2.24) is 0 Å². The summed E-state index contributed by atoms with van der Waals surface area (Å²) in [5.74, 6) is 0. The van der Waals surface area contributed by atoms with Crippen molar-refractivity contribution in [1.29, 1.82) is 0 Å². The number of rotatable bonds is 9. The van der Waals surface area contributed by atoms with E-state index >= 15 is 0 Å². The average molecular weight is 918 g/mol. The summed E-state index contributed by atoms with van der Waals surface area (Å²) in [6.07, 6.45) is 0. The van der Waals surface area contributed by atoms with Gasteiger partial charge in [0.2, 0.25) is 0 Å². The van der Waals surface area contributed by atoms with E-state index in [1.165, 1.54) is 47.7 Å². The Balaban J connectivity index is 0.000000166. The van der Waals surface area contributed by atoms with Gasteiger partial charge >= 0.3 is 11.3 Å². The second-order valence-corrected chi connectivity index (χ2v) is 19.7. The predicted octanol–water partition coefficient (Wildman–Crippen LogP) is 10.3. The molecule has 0 aliphatic heterocycles. The van der Waals surface area contributed by atoms with Crippen molar-refractivity contribution in [3.63, 3.8) is 0 Å². The van der Waals surface area contributed by atoms with Crippen LogP contribution < -0.4 is 47.7 Å². The summed E-state index contributed by atoms with van der Waals surface area (Å²) >= 11 is 0. The smallest absolute Gasteiger partial charge is 0 e. The van der Waals surface area contributed by atoms with Crippen LogP contribution in [0.3, 0.4) is 0 Å². The molecule has 0 atom stereocenters. The maximum atomic E-state index is 7.50. The van der Waals surface area contributed by atoms with Gasteiger partial charge < -0.3 is 0 Å². The Kier molecular flexibility index (Phi) is 19.8. The molecule has 0 saturated carbocycles. The van der Waals surface area contributed by atoms with Crippen LogP contribution in [0.2, 0.25) is 0 Å². The molecule has 0 amide bonds. The zero-order chi connectivity index (χ0) is 40.7. The van der Waals surface area contributed by atoms with Crippen LogP contribution in [-0.4, -0.2) is 0 Å². The van der Waals surface area contributed by atoms with Crippen molar-refractivity contribution < 1.29 is 24.1 Å². The standard InChI is InChI=1S/3C18H15P.CO.Rh/c3*1-4-10-16(11-5-1)19(17-12-6-2-7-13-17)18-14-8-3-9-15-18;1-2;/h3*1-15H;;. The molecular weight excluding hydrogens is 872 g/mol. The maximum absolute atomic E-state index is 7.50. The third-order valence-electron chi connectivity index (χ3n) is 9.13. The van der Waals surface area contributed by atoms with E-state index in [0.717, 1.165) is 0 Å². The Hall–Kier alpha value is -5.37. The molecule has 1 nitrogen and oxygen atoms in total. The monoisotopic (exact) mass is 917 g/mol. The SMILES string of the molecule is [C-]#[O+].[Rh].c1ccc(P(c2ccccc2)c2ccccc2)cc1.c1ccc(P(c2ccccc2)c2ccccc2)cc1.c1ccc(P(c2ccccc2)c2ccccc2)cc1. The number of benzene rings is 9. The first-order valence-electron chi connectivity index (χ1n) is 19.4. The van der Waals surface area contributed by atoms with Gasteiger partial charge in [0.1, 0.15) is 0 Å². The van der Waals surface area contributed by atoms with E-state index in [1.807, 2.05) is 0 Å². The molecule has 0 aromatic heterocycles. The van der Waals surface area contributed by atoms with Crippen LogP contribution in [0.15, 0.2) is 273 Å². The molecule has 0 spiro atoms. The molecule has 9 rings (SSSR count). The molecule has 9 aromatic carbocycles. The Morgan fingerprint density at radius 1 is 0.183 bits per heavy atom. The van der Waals surface area contributed by atoms with E-state index in [1.54, 1.807) is 0 Å². The van der Waals surface area contributed by atoms with Gasteiger partial charge in [-0.15, -0.1) is 0 Å². The molecule has 60 heavy (non-hydrogen) atoms. The van der Waals surface area contributed by atoms with Crippen molar-refractivity contribution in [3.05, 3.63) is 280 Å². The van der Waals surface area contributed by atoms with Crippen molar-refractivity contribution in [2.75, 3.05) is 0 Å². The van der Waals surface area contributed by atoms with Gasteiger partial charge in [0.15, 0.2) is 0 Å². The van der Waals surface area contributed by atoms with Gasteiger partial charge in [-0.25, -0.2) is 0 Å². The van der Waals surface area contributed by atoms with Crippen LogP contribution in [0.4, 0.5) is 0 Å². The van der Waals surface area contributed by atoms with Gasteiger partial charge in [-0.2, -0.15) is 0 Å². The molecule has 1 radical (unpaired) electrons. The average Bonchev–Trinajstić information content (AvgIpc) is 3.34. The van der Waals surface area contributed by atoms with Gasteiger partial charge in [0, 0.05) is 19.5 Å². The van der Waals surface area contributed by atoms with Crippen molar-refractivity contribution >= 4 is 71.5 Å². The minimum atomic E-state index is -0.446. The predicted molar refractivity (Wildman–Crippen MR) is 259 cm³/mol. The summed E-state index contributed by atoms with van der Waals surface area (Å²) in [6, 6.07) is 97.0. The summed E-state index contributed by atoms with van der Waals surface area (Å²) in [5.41, 5.74) is 0. The van der Waals surface area contributed by atoms with Gasteiger partial charge in [-0.1, -0.05) is 273 Å². The third kappa shape index (κ3) is 13.3. The Labute approximate surface area is 373 Å². The van der Waals surface area contributed by atoms with E-state index < -0.39 is 23.8 Å². The molecule has 0 heterocycles. The zero-order valence-electron chi connectivity index (χ0n) is 33.1. The fourth-order valence-electron chi connectivity index (χ4n) is 6.54. The van der Waals surface area contributed by atoms with Crippen molar-refractivity contribution in [2.45, 2.75) is 0 Å². The van der Waals surface area contributed by atoms with Gasteiger partial charge in [0.25, 0.3) is 0 Å². The summed E-state index contributed by atoms with van der Waals surface area (Å²) in [4.78, 5) is 0. The number of hydrogen-bond acceptors (Lipinski definition) is 0. The molecule has 0 fully saturated rings. The molecule has 9 aromatic rings. The van der Waals surface area contributed by atoms with Crippen LogP contribution in [0.5, 0.6) is 0 Å². The van der Waals surface area contributed by atoms with E-state index in [4.69, 9.17) is 4.65 Å². The van der Waals surface area contributed by atoms with E-state index in [2.05, 4.69) is 280 Å². The first kappa shape index (κ1) is 45.7.